The zero-order valence-electron chi connectivity index (χ0n) is 9.60. The molecule has 0 aliphatic rings. The lowest BCUT2D eigenvalue weighted by Crippen LogP contribution is -2.32. The van der Waals surface area contributed by atoms with Crippen LogP contribution >= 0.6 is 0 Å². The van der Waals surface area contributed by atoms with E-state index in [2.05, 4.69) is 15.1 Å². The summed E-state index contributed by atoms with van der Waals surface area (Å²) in [4.78, 5) is 0. The van der Waals surface area contributed by atoms with Crippen LogP contribution < -0.4 is 10.0 Å². The Bertz CT molecular complexity index is 413. The molecule has 1 heterocycles. The van der Waals surface area contributed by atoms with Crippen molar-refractivity contribution in [1.82, 2.24) is 19.8 Å². The lowest BCUT2D eigenvalue weighted by Gasteiger charge is -2.08. The smallest absolute Gasteiger partial charge is 0.257 e. The van der Waals surface area contributed by atoms with Crippen LogP contribution in [0.15, 0.2) is 17.3 Å². The van der Waals surface area contributed by atoms with Crippen LogP contribution in [-0.4, -0.2) is 37.8 Å². The fraction of sp³-hybridized carbons (Fsp3) is 0.667. The van der Waals surface area contributed by atoms with Crippen molar-refractivity contribution < 1.29 is 8.42 Å². The maximum absolute atomic E-state index is 11.8. The molecule has 0 unspecified atom stereocenters. The Morgan fingerprint density at radius 2 is 2.12 bits per heavy atom. The number of likely N-dealkylation sites (N-methyl/N-ethyl adjacent to an activating group) is 1. The number of nitrogens with zero attached hydrogens (tertiary/aromatic N) is 2. The van der Waals surface area contributed by atoms with Crippen LogP contribution in [0.3, 0.4) is 0 Å². The van der Waals surface area contributed by atoms with Crippen molar-refractivity contribution in [3.05, 3.63) is 12.3 Å². The van der Waals surface area contributed by atoms with Gasteiger partial charge in [0.2, 0.25) is 0 Å². The van der Waals surface area contributed by atoms with Gasteiger partial charge in [0.25, 0.3) is 10.0 Å². The highest BCUT2D eigenvalue weighted by Crippen LogP contribution is 2.06. The van der Waals surface area contributed by atoms with Crippen LogP contribution in [0, 0.1) is 0 Å². The van der Waals surface area contributed by atoms with Crippen molar-refractivity contribution in [2.24, 2.45) is 0 Å². The number of sulfonamides is 1. The zero-order chi connectivity index (χ0) is 12.0. The van der Waals surface area contributed by atoms with Crippen molar-refractivity contribution in [2.45, 2.75) is 25.4 Å². The summed E-state index contributed by atoms with van der Waals surface area (Å²) in [7, 11) is -3.43. The summed E-state index contributed by atoms with van der Waals surface area (Å²) in [6.07, 6.45) is 1.49. The number of hydrogen-bond acceptors (Lipinski definition) is 4. The first-order valence-electron chi connectivity index (χ1n) is 5.34. The molecule has 92 valence electrons. The molecule has 0 spiro atoms. The van der Waals surface area contributed by atoms with E-state index in [0.29, 0.717) is 19.6 Å². The van der Waals surface area contributed by atoms with E-state index < -0.39 is 10.0 Å². The molecule has 0 aromatic carbocycles. The highest BCUT2D eigenvalue weighted by Gasteiger charge is 2.17. The second-order valence-corrected chi connectivity index (χ2v) is 4.95. The minimum atomic E-state index is -3.43. The quantitative estimate of drug-likeness (QED) is 0.653. The summed E-state index contributed by atoms with van der Waals surface area (Å²) in [5, 5.41) is 7.19. The Morgan fingerprint density at radius 3 is 2.75 bits per heavy atom. The van der Waals surface area contributed by atoms with Crippen LogP contribution in [0.4, 0.5) is 0 Å². The molecular formula is C9H18N4O2S. The van der Waals surface area contributed by atoms with Crippen molar-refractivity contribution in [3.63, 3.8) is 0 Å². The minimum Gasteiger partial charge on any atom is -0.316 e. The molecule has 1 aromatic rings. The molecule has 0 atom stereocenters. The van der Waals surface area contributed by atoms with Gasteiger partial charge in [-0.3, -0.25) is 4.68 Å². The molecule has 6 nitrogen and oxygen atoms in total. The SMILES string of the molecule is CCNCCNS(=O)(=O)c1ccnn1CC. The average molecular weight is 246 g/mol. The zero-order valence-corrected chi connectivity index (χ0v) is 10.4. The lowest BCUT2D eigenvalue weighted by molar-refractivity contribution is 0.542. The first kappa shape index (κ1) is 13.1. The Labute approximate surface area is 96.1 Å². The van der Waals surface area contributed by atoms with Crippen LogP contribution in [-0.2, 0) is 16.6 Å². The molecule has 16 heavy (non-hydrogen) atoms. The van der Waals surface area contributed by atoms with Crippen molar-refractivity contribution in [2.75, 3.05) is 19.6 Å². The molecule has 0 saturated heterocycles. The number of rotatable bonds is 7. The Morgan fingerprint density at radius 1 is 1.38 bits per heavy atom. The third-order valence-electron chi connectivity index (χ3n) is 2.10. The fourth-order valence-electron chi connectivity index (χ4n) is 1.31. The van der Waals surface area contributed by atoms with Gasteiger partial charge < -0.3 is 5.32 Å². The van der Waals surface area contributed by atoms with Gasteiger partial charge in [0.1, 0.15) is 0 Å². The molecule has 0 saturated carbocycles. The number of aromatic nitrogens is 2. The number of aryl methyl sites for hydroxylation is 1. The van der Waals surface area contributed by atoms with E-state index in [1.54, 1.807) is 0 Å². The monoisotopic (exact) mass is 246 g/mol. The van der Waals surface area contributed by atoms with Crippen molar-refractivity contribution >= 4 is 10.0 Å². The maximum Gasteiger partial charge on any atom is 0.257 e. The molecule has 0 aliphatic heterocycles. The molecule has 2 N–H and O–H groups in total. The van der Waals surface area contributed by atoms with Crippen LogP contribution in [0.5, 0.6) is 0 Å². The number of nitrogens with one attached hydrogen (secondary N) is 2. The van der Waals surface area contributed by atoms with E-state index in [1.165, 1.54) is 16.9 Å². The maximum atomic E-state index is 11.8. The molecule has 0 amide bonds. The van der Waals surface area contributed by atoms with E-state index in [0.717, 1.165) is 6.54 Å². The average Bonchev–Trinajstić information content (AvgIpc) is 2.73. The van der Waals surface area contributed by atoms with E-state index >= 15 is 0 Å². The Balaban J connectivity index is 2.64. The van der Waals surface area contributed by atoms with Crippen LogP contribution in [0.2, 0.25) is 0 Å². The highest BCUT2D eigenvalue weighted by molar-refractivity contribution is 7.89. The van der Waals surface area contributed by atoms with Crippen molar-refractivity contribution in [3.8, 4) is 0 Å². The molecule has 7 heteroatoms. The topological polar surface area (TPSA) is 76.0 Å². The van der Waals surface area contributed by atoms with Gasteiger partial charge in [-0.2, -0.15) is 5.10 Å². The summed E-state index contributed by atoms with van der Waals surface area (Å²) in [5.74, 6) is 0. The summed E-state index contributed by atoms with van der Waals surface area (Å²) in [5.41, 5.74) is 0. The third-order valence-corrected chi connectivity index (χ3v) is 3.58. The molecule has 0 aliphatic carbocycles. The summed E-state index contributed by atoms with van der Waals surface area (Å²) >= 11 is 0. The van der Waals surface area contributed by atoms with E-state index in [9.17, 15) is 8.42 Å². The van der Waals surface area contributed by atoms with Gasteiger partial charge in [-0.05, 0) is 19.5 Å². The fourth-order valence-corrected chi connectivity index (χ4v) is 2.52. The van der Waals surface area contributed by atoms with Gasteiger partial charge in [-0.25, -0.2) is 13.1 Å². The number of hydrogen-bond donors (Lipinski definition) is 2. The van der Waals surface area contributed by atoms with Gasteiger partial charge in [-0.15, -0.1) is 0 Å². The molecule has 0 radical (unpaired) electrons. The second kappa shape index (κ2) is 5.97. The van der Waals surface area contributed by atoms with Crippen LogP contribution in [0.25, 0.3) is 0 Å². The normalized spacial score (nSPS) is 11.9. The van der Waals surface area contributed by atoms with Gasteiger partial charge in [0.15, 0.2) is 5.03 Å². The van der Waals surface area contributed by atoms with Gasteiger partial charge in [0, 0.05) is 19.6 Å². The molecule has 0 bridgehead atoms. The van der Waals surface area contributed by atoms with Gasteiger partial charge in [0.05, 0.1) is 6.20 Å². The Hall–Kier alpha value is -0.920. The van der Waals surface area contributed by atoms with E-state index in [-0.39, 0.29) is 5.03 Å². The second-order valence-electron chi connectivity index (χ2n) is 3.24. The molecule has 1 rings (SSSR count). The van der Waals surface area contributed by atoms with Gasteiger partial charge in [-0.1, -0.05) is 6.92 Å². The summed E-state index contributed by atoms with van der Waals surface area (Å²) in [6.45, 7) is 6.19. The highest BCUT2D eigenvalue weighted by atomic mass is 32.2. The first-order chi connectivity index (χ1) is 7.61. The molecular weight excluding hydrogens is 228 g/mol. The lowest BCUT2D eigenvalue weighted by atomic mass is 10.6. The van der Waals surface area contributed by atoms with E-state index in [4.69, 9.17) is 0 Å². The molecule has 1 aromatic heterocycles. The third kappa shape index (κ3) is 3.29. The van der Waals surface area contributed by atoms with Crippen molar-refractivity contribution in [1.29, 1.82) is 0 Å². The summed E-state index contributed by atoms with van der Waals surface area (Å²) < 4.78 is 27.6. The standard InChI is InChI=1S/C9H18N4O2S/c1-3-10-7-8-12-16(14,15)9-5-6-11-13(9)4-2/h5-6,10,12H,3-4,7-8H2,1-2H3. The van der Waals surface area contributed by atoms with Crippen LogP contribution in [0.1, 0.15) is 13.8 Å². The minimum absolute atomic E-state index is 0.214. The molecule has 0 fully saturated rings. The first-order valence-corrected chi connectivity index (χ1v) is 6.82. The largest absolute Gasteiger partial charge is 0.316 e. The predicted molar refractivity (Wildman–Crippen MR) is 61.6 cm³/mol. The Kier molecular flexibility index (Phi) is 4.91. The summed E-state index contributed by atoms with van der Waals surface area (Å²) in [6, 6.07) is 1.50. The van der Waals surface area contributed by atoms with E-state index in [1.807, 2.05) is 13.8 Å². The predicted octanol–water partition coefficient (Wildman–Crippen LogP) is -0.209. The van der Waals surface area contributed by atoms with Gasteiger partial charge >= 0.3 is 0 Å².